The minimum absolute atomic E-state index is 0.0943. The number of benzene rings is 3. The fraction of sp³-hybridized carbons (Fsp3) is 0.115. The lowest BCUT2D eigenvalue weighted by Crippen LogP contribution is -2.15. The Bertz CT molecular complexity index is 1370. The third-order valence-corrected chi connectivity index (χ3v) is 5.58. The lowest BCUT2D eigenvalue weighted by atomic mass is 10.0. The Morgan fingerprint density at radius 1 is 0.914 bits per heavy atom. The van der Waals surface area contributed by atoms with Crippen molar-refractivity contribution in [3.63, 3.8) is 0 Å². The second-order valence-electron chi connectivity index (χ2n) is 7.29. The first-order valence-corrected chi connectivity index (χ1v) is 10.8. The van der Waals surface area contributed by atoms with Crippen molar-refractivity contribution in [2.45, 2.75) is 6.61 Å². The molecule has 3 aromatic carbocycles. The van der Waals surface area contributed by atoms with Gasteiger partial charge in [-0.25, -0.2) is 18.7 Å². The maximum Gasteiger partial charge on any atom is 0.357 e. The quantitative estimate of drug-likeness (QED) is 0.316. The maximum atomic E-state index is 14.3. The van der Waals surface area contributed by atoms with Crippen molar-refractivity contribution in [3.05, 3.63) is 100 Å². The lowest BCUT2D eigenvalue weighted by molar-refractivity contribution is 0.0549. The Morgan fingerprint density at radius 2 is 1.60 bits per heavy atom. The van der Waals surface area contributed by atoms with E-state index in [-0.39, 0.29) is 34.1 Å². The molecule has 0 radical (unpaired) electrons. The minimum atomic E-state index is -0.783. The molecule has 7 nitrogen and oxygen atoms in total. The Hall–Kier alpha value is -4.17. The van der Waals surface area contributed by atoms with Gasteiger partial charge in [0.1, 0.15) is 29.4 Å². The van der Waals surface area contributed by atoms with Crippen molar-refractivity contribution < 1.29 is 28.2 Å². The topological polar surface area (TPSA) is 79.7 Å². The molecular weight excluding hydrogens is 475 g/mol. The predicted octanol–water partition coefficient (Wildman–Crippen LogP) is 5.48. The van der Waals surface area contributed by atoms with Crippen LogP contribution in [0.15, 0.2) is 72.8 Å². The summed E-state index contributed by atoms with van der Waals surface area (Å²) in [6.45, 7) is -0.167. The number of carbonyl (C=O) groups excluding carboxylic acids is 2. The van der Waals surface area contributed by atoms with Crippen LogP contribution < -0.4 is 4.74 Å². The van der Waals surface area contributed by atoms with Crippen LogP contribution >= 0.6 is 11.6 Å². The number of rotatable bonds is 7. The molecule has 0 aliphatic rings. The highest BCUT2D eigenvalue weighted by molar-refractivity contribution is 6.31. The molecule has 0 unspecified atom stereocenters. The summed E-state index contributed by atoms with van der Waals surface area (Å²) in [4.78, 5) is 25.7. The number of aromatic nitrogens is 2. The number of methoxy groups -OCH3 is 2. The van der Waals surface area contributed by atoms with Crippen LogP contribution in [0.1, 0.15) is 26.4 Å². The van der Waals surface area contributed by atoms with Gasteiger partial charge >= 0.3 is 11.9 Å². The first kappa shape index (κ1) is 24.0. The fourth-order valence-electron chi connectivity index (χ4n) is 3.55. The number of nitrogens with zero attached hydrogens (tertiary/aromatic N) is 2. The van der Waals surface area contributed by atoms with E-state index < -0.39 is 17.8 Å². The van der Waals surface area contributed by atoms with Gasteiger partial charge in [0.15, 0.2) is 5.69 Å². The molecule has 4 aromatic rings. The highest BCUT2D eigenvalue weighted by Gasteiger charge is 2.32. The predicted molar refractivity (Wildman–Crippen MR) is 127 cm³/mol. The van der Waals surface area contributed by atoms with E-state index in [2.05, 4.69) is 5.10 Å². The lowest BCUT2D eigenvalue weighted by Gasteiger charge is -2.12. The number of ether oxygens (including phenoxy) is 3. The number of carbonyl (C=O) groups is 2. The van der Waals surface area contributed by atoms with Crippen molar-refractivity contribution in [1.82, 2.24) is 9.78 Å². The van der Waals surface area contributed by atoms with Crippen LogP contribution in [0.5, 0.6) is 5.75 Å². The van der Waals surface area contributed by atoms with E-state index in [0.29, 0.717) is 17.0 Å². The zero-order chi connectivity index (χ0) is 24.9. The summed E-state index contributed by atoms with van der Waals surface area (Å²) in [7, 11) is 2.41. The Labute approximate surface area is 205 Å². The van der Waals surface area contributed by atoms with Gasteiger partial charge in [0.25, 0.3) is 0 Å². The molecule has 4 rings (SSSR count). The normalized spacial score (nSPS) is 10.6. The standard InChI is InChI=1S/C26H20ClFN2O5/c1-33-25(31)22-23(29-30(24(22)26(32)34-2)16-9-4-3-5-10-16)17-11-6-7-14-21(17)35-15-18-19(27)12-8-13-20(18)28/h3-14H,15H2,1-2H3. The Balaban J connectivity index is 1.88. The van der Waals surface area contributed by atoms with Gasteiger partial charge in [-0.15, -0.1) is 0 Å². The third-order valence-electron chi connectivity index (χ3n) is 5.23. The summed E-state index contributed by atoms with van der Waals surface area (Å²) in [6, 6.07) is 19.9. The second kappa shape index (κ2) is 10.4. The molecule has 0 aliphatic carbocycles. The van der Waals surface area contributed by atoms with E-state index in [1.807, 2.05) is 6.07 Å². The van der Waals surface area contributed by atoms with Gasteiger partial charge in [-0.1, -0.05) is 48.0 Å². The highest BCUT2D eigenvalue weighted by Crippen LogP contribution is 2.35. The van der Waals surface area contributed by atoms with Gasteiger partial charge in [-0.2, -0.15) is 5.10 Å². The smallest absolute Gasteiger partial charge is 0.357 e. The van der Waals surface area contributed by atoms with Crippen molar-refractivity contribution in [2.75, 3.05) is 14.2 Å². The monoisotopic (exact) mass is 494 g/mol. The zero-order valence-corrected chi connectivity index (χ0v) is 19.6. The molecule has 0 spiro atoms. The van der Waals surface area contributed by atoms with Gasteiger partial charge < -0.3 is 14.2 Å². The summed E-state index contributed by atoms with van der Waals surface area (Å²) < 4.78 is 31.4. The molecule has 1 aromatic heterocycles. The van der Waals surface area contributed by atoms with Crippen molar-refractivity contribution in [2.24, 2.45) is 0 Å². The molecule has 0 saturated heterocycles. The summed E-state index contributed by atoms with van der Waals surface area (Å²) in [5, 5.41) is 4.80. The average molecular weight is 495 g/mol. The molecule has 1 heterocycles. The molecule has 9 heteroatoms. The van der Waals surface area contributed by atoms with Crippen molar-refractivity contribution in [1.29, 1.82) is 0 Å². The maximum absolute atomic E-state index is 14.3. The van der Waals surface area contributed by atoms with Crippen molar-refractivity contribution in [3.8, 4) is 22.7 Å². The van der Waals surface area contributed by atoms with Gasteiger partial charge in [0, 0.05) is 11.1 Å². The zero-order valence-electron chi connectivity index (χ0n) is 18.8. The molecule has 35 heavy (non-hydrogen) atoms. The molecule has 0 fully saturated rings. The van der Waals surface area contributed by atoms with Crippen molar-refractivity contribution >= 4 is 23.5 Å². The summed E-state index contributed by atoms with van der Waals surface area (Å²) in [5.74, 6) is -1.77. The van der Waals surface area contributed by atoms with Gasteiger partial charge in [-0.3, -0.25) is 0 Å². The van der Waals surface area contributed by atoms with E-state index >= 15 is 0 Å². The van der Waals surface area contributed by atoms with Crippen LogP contribution in [0.2, 0.25) is 5.02 Å². The average Bonchev–Trinajstić information content (AvgIpc) is 3.29. The number of hydrogen-bond acceptors (Lipinski definition) is 6. The van der Waals surface area contributed by atoms with Gasteiger partial charge in [-0.05, 0) is 36.4 Å². The molecule has 0 N–H and O–H groups in total. The minimum Gasteiger partial charge on any atom is -0.488 e. The van der Waals surface area contributed by atoms with Crippen LogP contribution in [0, 0.1) is 5.82 Å². The van der Waals surface area contributed by atoms with E-state index in [0.717, 1.165) is 0 Å². The summed E-state index contributed by atoms with van der Waals surface area (Å²) in [6.07, 6.45) is 0. The SMILES string of the molecule is COC(=O)c1c(-c2ccccc2OCc2c(F)cccc2Cl)nn(-c2ccccc2)c1C(=O)OC. The van der Waals surface area contributed by atoms with Crippen LogP contribution in [-0.4, -0.2) is 35.9 Å². The number of halogens is 2. The number of esters is 2. The summed E-state index contributed by atoms with van der Waals surface area (Å²) >= 11 is 6.13. The first-order chi connectivity index (χ1) is 17.0. The Kier molecular flexibility index (Phi) is 7.12. The second-order valence-corrected chi connectivity index (χ2v) is 7.69. The molecule has 0 bridgehead atoms. The van der Waals surface area contributed by atoms with E-state index in [1.54, 1.807) is 54.6 Å². The van der Waals surface area contributed by atoms with Gasteiger partial charge in [0.2, 0.25) is 0 Å². The molecule has 0 amide bonds. The van der Waals surface area contributed by atoms with Crippen LogP contribution in [0.4, 0.5) is 4.39 Å². The Morgan fingerprint density at radius 3 is 2.29 bits per heavy atom. The summed E-state index contributed by atoms with van der Waals surface area (Å²) in [5.41, 5.74) is 1.04. The molecular formula is C26H20ClFN2O5. The fourth-order valence-corrected chi connectivity index (χ4v) is 3.77. The van der Waals surface area contributed by atoms with Crippen LogP contribution in [-0.2, 0) is 16.1 Å². The molecule has 0 atom stereocenters. The van der Waals surface area contributed by atoms with E-state index in [9.17, 15) is 14.0 Å². The molecule has 0 aliphatic heterocycles. The largest absolute Gasteiger partial charge is 0.488 e. The first-order valence-electron chi connectivity index (χ1n) is 10.5. The van der Waals surface area contributed by atoms with Crippen LogP contribution in [0.3, 0.4) is 0 Å². The number of para-hydroxylation sites is 2. The van der Waals surface area contributed by atoms with E-state index in [1.165, 1.54) is 31.0 Å². The van der Waals surface area contributed by atoms with E-state index in [4.69, 9.17) is 25.8 Å². The number of hydrogen-bond donors (Lipinski definition) is 0. The van der Waals surface area contributed by atoms with Crippen LogP contribution in [0.25, 0.3) is 16.9 Å². The molecule has 178 valence electrons. The highest BCUT2D eigenvalue weighted by atomic mass is 35.5. The third kappa shape index (κ3) is 4.74. The molecule has 0 saturated carbocycles. The van der Waals surface area contributed by atoms with Gasteiger partial charge in [0.05, 0.1) is 24.9 Å².